The Labute approximate surface area is 75.6 Å². The van der Waals surface area contributed by atoms with Crippen molar-refractivity contribution in [1.29, 1.82) is 0 Å². The quantitative estimate of drug-likeness (QED) is 0.739. The molecule has 12 heavy (non-hydrogen) atoms. The minimum absolute atomic E-state index is 0.0437. The van der Waals surface area contributed by atoms with Crippen LogP contribution in [-0.2, 0) is 0 Å². The summed E-state index contributed by atoms with van der Waals surface area (Å²) in [4.78, 5) is 7.77. The number of aliphatic hydroxyl groups excluding tert-OH is 1. The zero-order chi connectivity index (χ0) is 8.97. The van der Waals surface area contributed by atoms with Crippen LogP contribution < -0.4 is 5.32 Å². The van der Waals surface area contributed by atoms with Gasteiger partial charge in [0.05, 0.1) is 19.0 Å². The summed E-state index contributed by atoms with van der Waals surface area (Å²) in [5.41, 5.74) is 0. The lowest BCUT2D eigenvalue weighted by Gasteiger charge is -2.10. The Morgan fingerprint density at radius 2 is 2.42 bits per heavy atom. The average Bonchev–Trinajstić information content (AvgIpc) is 2.04. The van der Waals surface area contributed by atoms with Crippen LogP contribution in [0.15, 0.2) is 12.4 Å². The zero-order valence-electron chi connectivity index (χ0n) is 6.66. The summed E-state index contributed by atoms with van der Waals surface area (Å²) in [5, 5.41) is 12.0. The molecule has 0 aromatic carbocycles. The molecule has 4 nitrogen and oxygen atoms in total. The van der Waals surface area contributed by atoms with E-state index in [-0.39, 0.29) is 12.6 Å². The fourth-order valence-electron chi connectivity index (χ4n) is 0.710. The van der Waals surface area contributed by atoms with Crippen LogP contribution in [-0.4, -0.2) is 27.7 Å². The molecular formula is C7H10ClN3O. The molecule has 0 saturated carbocycles. The van der Waals surface area contributed by atoms with Gasteiger partial charge in [0, 0.05) is 6.04 Å². The lowest BCUT2D eigenvalue weighted by Crippen LogP contribution is -2.20. The Balaban J connectivity index is 2.63. The predicted octanol–water partition coefficient (Wildman–Crippen LogP) is 0.923. The van der Waals surface area contributed by atoms with Crippen LogP contribution >= 0.6 is 11.6 Å². The minimum Gasteiger partial charge on any atom is -0.394 e. The monoisotopic (exact) mass is 187 g/mol. The highest BCUT2D eigenvalue weighted by molar-refractivity contribution is 6.29. The number of hydrogen-bond donors (Lipinski definition) is 2. The number of halogens is 1. The summed E-state index contributed by atoms with van der Waals surface area (Å²) in [6.45, 7) is 1.89. The summed E-state index contributed by atoms with van der Waals surface area (Å²) < 4.78 is 0. The first-order valence-electron chi connectivity index (χ1n) is 3.57. The second-order valence-corrected chi connectivity index (χ2v) is 2.84. The van der Waals surface area contributed by atoms with E-state index in [1.165, 1.54) is 6.20 Å². The first-order valence-corrected chi connectivity index (χ1v) is 3.95. The molecule has 1 aromatic rings. The third-order valence-corrected chi connectivity index (χ3v) is 1.46. The number of aliphatic hydroxyl groups is 1. The number of nitrogens with zero attached hydrogens (tertiary/aromatic N) is 2. The maximum Gasteiger partial charge on any atom is 0.149 e. The molecule has 66 valence electrons. The summed E-state index contributed by atoms with van der Waals surface area (Å²) in [6.07, 6.45) is 3.01. The maximum atomic E-state index is 8.72. The number of aromatic nitrogens is 2. The van der Waals surface area contributed by atoms with E-state index in [1.807, 2.05) is 6.92 Å². The molecule has 0 aliphatic rings. The molecule has 0 saturated heterocycles. The highest BCUT2D eigenvalue weighted by atomic mass is 35.5. The first-order chi connectivity index (χ1) is 5.72. The number of anilines is 1. The Bertz CT molecular complexity index is 256. The Morgan fingerprint density at radius 3 is 3.00 bits per heavy atom. The van der Waals surface area contributed by atoms with Crippen LogP contribution in [0.3, 0.4) is 0 Å². The van der Waals surface area contributed by atoms with Gasteiger partial charge in [-0.3, -0.25) is 4.98 Å². The minimum atomic E-state index is -0.0437. The van der Waals surface area contributed by atoms with Crippen LogP contribution in [0.25, 0.3) is 0 Å². The largest absolute Gasteiger partial charge is 0.394 e. The molecule has 1 aromatic heterocycles. The van der Waals surface area contributed by atoms with Crippen LogP contribution in [0, 0.1) is 0 Å². The molecular weight excluding hydrogens is 178 g/mol. The Morgan fingerprint density at radius 1 is 1.67 bits per heavy atom. The van der Waals surface area contributed by atoms with E-state index in [4.69, 9.17) is 16.7 Å². The van der Waals surface area contributed by atoms with Gasteiger partial charge >= 0.3 is 0 Å². The first kappa shape index (κ1) is 9.22. The van der Waals surface area contributed by atoms with Crippen molar-refractivity contribution in [2.24, 2.45) is 0 Å². The van der Waals surface area contributed by atoms with E-state index >= 15 is 0 Å². The van der Waals surface area contributed by atoms with E-state index in [0.29, 0.717) is 11.0 Å². The molecule has 1 heterocycles. The van der Waals surface area contributed by atoms with Crippen LogP contribution in [0.2, 0.25) is 5.15 Å². The topological polar surface area (TPSA) is 58.0 Å². The lowest BCUT2D eigenvalue weighted by molar-refractivity contribution is 0.281. The number of nitrogens with one attached hydrogen (secondary N) is 1. The molecule has 0 spiro atoms. The molecule has 1 rings (SSSR count). The van der Waals surface area contributed by atoms with Gasteiger partial charge in [0.25, 0.3) is 0 Å². The Kier molecular flexibility index (Phi) is 3.25. The van der Waals surface area contributed by atoms with Gasteiger partial charge in [-0.1, -0.05) is 11.6 Å². The van der Waals surface area contributed by atoms with Crippen molar-refractivity contribution < 1.29 is 5.11 Å². The zero-order valence-corrected chi connectivity index (χ0v) is 7.41. The van der Waals surface area contributed by atoms with Gasteiger partial charge in [-0.25, -0.2) is 4.98 Å². The highest BCUT2D eigenvalue weighted by Crippen LogP contribution is 2.07. The fraction of sp³-hybridized carbons (Fsp3) is 0.429. The van der Waals surface area contributed by atoms with Crippen molar-refractivity contribution in [3.8, 4) is 0 Å². The molecule has 0 amide bonds. The molecule has 0 aliphatic carbocycles. The predicted molar refractivity (Wildman–Crippen MR) is 47.2 cm³/mol. The Hall–Kier alpha value is -0.870. The molecule has 0 bridgehead atoms. The van der Waals surface area contributed by atoms with Gasteiger partial charge in [0.1, 0.15) is 11.0 Å². The maximum absolute atomic E-state index is 8.72. The van der Waals surface area contributed by atoms with Gasteiger partial charge in [0.15, 0.2) is 0 Å². The molecule has 5 heteroatoms. The van der Waals surface area contributed by atoms with Gasteiger partial charge in [-0.15, -0.1) is 0 Å². The second-order valence-electron chi connectivity index (χ2n) is 2.45. The third kappa shape index (κ3) is 2.64. The SMILES string of the molecule is C[C@@H](CO)Nc1cncc(Cl)n1. The summed E-state index contributed by atoms with van der Waals surface area (Å²) >= 11 is 5.60. The van der Waals surface area contributed by atoms with Crippen molar-refractivity contribution in [3.63, 3.8) is 0 Å². The van der Waals surface area contributed by atoms with Crippen LogP contribution in [0.4, 0.5) is 5.82 Å². The molecule has 0 radical (unpaired) electrons. The van der Waals surface area contributed by atoms with Crippen molar-refractivity contribution in [2.75, 3.05) is 11.9 Å². The highest BCUT2D eigenvalue weighted by Gasteiger charge is 2.00. The van der Waals surface area contributed by atoms with Crippen molar-refractivity contribution in [1.82, 2.24) is 9.97 Å². The average molecular weight is 188 g/mol. The van der Waals surface area contributed by atoms with Gasteiger partial charge in [0.2, 0.25) is 0 Å². The standard InChI is InChI=1S/C7H10ClN3O/c1-5(4-12)10-7-3-9-2-6(8)11-7/h2-3,5,12H,4H2,1H3,(H,10,11)/t5-/m0/s1. The fourth-order valence-corrected chi connectivity index (χ4v) is 0.857. The van der Waals surface area contributed by atoms with E-state index < -0.39 is 0 Å². The summed E-state index contributed by atoms with van der Waals surface area (Å²) in [6, 6.07) is -0.0437. The van der Waals surface area contributed by atoms with E-state index in [1.54, 1.807) is 6.20 Å². The number of hydrogen-bond acceptors (Lipinski definition) is 4. The van der Waals surface area contributed by atoms with Crippen LogP contribution in [0.5, 0.6) is 0 Å². The smallest absolute Gasteiger partial charge is 0.149 e. The second kappa shape index (κ2) is 4.23. The summed E-state index contributed by atoms with van der Waals surface area (Å²) in [7, 11) is 0. The number of rotatable bonds is 3. The van der Waals surface area contributed by atoms with Crippen LogP contribution in [0.1, 0.15) is 6.92 Å². The normalized spacial score (nSPS) is 12.6. The third-order valence-electron chi connectivity index (χ3n) is 1.27. The van der Waals surface area contributed by atoms with E-state index in [2.05, 4.69) is 15.3 Å². The van der Waals surface area contributed by atoms with Crippen molar-refractivity contribution >= 4 is 17.4 Å². The van der Waals surface area contributed by atoms with Gasteiger partial charge in [-0.05, 0) is 6.92 Å². The molecule has 0 aliphatic heterocycles. The summed E-state index contributed by atoms with van der Waals surface area (Å²) in [5.74, 6) is 0.573. The van der Waals surface area contributed by atoms with Crippen molar-refractivity contribution in [3.05, 3.63) is 17.5 Å². The lowest BCUT2D eigenvalue weighted by atomic mass is 10.4. The van der Waals surface area contributed by atoms with Crippen molar-refractivity contribution in [2.45, 2.75) is 13.0 Å². The molecule has 1 atom stereocenters. The van der Waals surface area contributed by atoms with Gasteiger partial charge < -0.3 is 10.4 Å². The van der Waals surface area contributed by atoms with E-state index in [0.717, 1.165) is 0 Å². The molecule has 2 N–H and O–H groups in total. The molecule has 0 fully saturated rings. The molecule has 0 unspecified atom stereocenters. The van der Waals surface area contributed by atoms with Gasteiger partial charge in [-0.2, -0.15) is 0 Å². The van der Waals surface area contributed by atoms with E-state index in [9.17, 15) is 0 Å².